The van der Waals surface area contributed by atoms with Gasteiger partial charge in [-0.2, -0.15) is 0 Å². The third-order valence-corrected chi connectivity index (χ3v) is 5.48. The number of hydrogen-bond acceptors (Lipinski definition) is 4. The molecule has 5 heteroatoms. The minimum Gasteiger partial charge on any atom is -0.395 e. The molecule has 1 saturated heterocycles. The van der Waals surface area contributed by atoms with E-state index < -0.39 is 0 Å². The number of rotatable bonds is 5. The molecule has 0 radical (unpaired) electrons. The van der Waals surface area contributed by atoms with Crippen molar-refractivity contribution in [2.24, 2.45) is 7.05 Å². The Bertz CT molecular complexity index is 862. The van der Waals surface area contributed by atoms with Gasteiger partial charge in [-0.05, 0) is 18.5 Å². The van der Waals surface area contributed by atoms with Crippen LogP contribution in [0.15, 0.2) is 60.7 Å². The van der Waals surface area contributed by atoms with E-state index in [1.54, 1.807) is 0 Å². The van der Waals surface area contributed by atoms with Gasteiger partial charge in [0, 0.05) is 24.6 Å². The second kappa shape index (κ2) is 7.02. The number of hydrogen-bond donors (Lipinski definition) is 1. The van der Waals surface area contributed by atoms with Crippen molar-refractivity contribution in [3.05, 3.63) is 72.1 Å². The monoisotopic (exact) mass is 348 g/mol. The molecule has 26 heavy (non-hydrogen) atoms. The molecule has 1 aliphatic rings. The Morgan fingerprint density at radius 2 is 1.69 bits per heavy atom. The molecule has 0 spiro atoms. The quantitative estimate of drug-likeness (QED) is 0.770. The second-order valence-electron chi connectivity index (χ2n) is 7.13. The lowest BCUT2D eigenvalue weighted by atomic mass is 9.80. The van der Waals surface area contributed by atoms with Crippen LogP contribution in [0.4, 0.5) is 0 Å². The van der Waals surface area contributed by atoms with Gasteiger partial charge in [-0.1, -0.05) is 60.7 Å². The van der Waals surface area contributed by atoms with Crippen molar-refractivity contribution >= 4 is 0 Å². The summed E-state index contributed by atoms with van der Waals surface area (Å²) in [5, 5.41) is 18.9. The maximum absolute atomic E-state index is 10.1. The molecule has 1 aliphatic heterocycles. The van der Waals surface area contributed by atoms with E-state index in [9.17, 15) is 5.11 Å². The molecule has 2 heterocycles. The standard InChI is InChI=1S/C21H24N4O/c1-24-19(22-23-20(24)17-8-4-2-5-9-17)14-25-13-12-21(15-25,16-26)18-10-6-3-7-11-18/h2-11,26H,12-16H2,1H3. The molecular formula is C21H24N4O. The first-order chi connectivity index (χ1) is 12.7. The van der Waals surface area contributed by atoms with Crippen LogP contribution < -0.4 is 0 Å². The van der Waals surface area contributed by atoms with Crippen LogP contribution in [-0.4, -0.2) is 44.5 Å². The van der Waals surface area contributed by atoms with Crippen LogP contribution in [0.2, 0.25) is 0 Å². The molecule has 1 fully saturated rings. The van der Waals surface area contributed by atoms with Gasteiger partial charge in [0.2, 0.25) is 0 Å². The average Bonchev–Trinajstić information content (AvgIpc) is 3.28. The van der Waals surface area contributed by atoms with E-state index in [4.69, 9.17) is 0 Å². The van der Waals surface area contributed by atoms with Gasteiger partial charge in [0.15, 0.2) is 5.82 Å². The van der Waals surface area contributed by atoms with Crippen LogP contribution in [0, 0.1) is 0 Å². The van der Waals surface area contributed by atoms with Crippen molar-refractivity contribution in [2.45, 2.75) is 18.4 Å². The Hall–Kier alpha value is -2.50. The van der Waals surface area contributed by atoms with Crippen LogP contribution in [-0.2, 0) is 19.0 Å². The predicted octanol–water partition coefficient (Wildman–Crippen LogP) is 2.62. The summed E-state index contributed by atoms with van der Waals surface area (Å²) in [6.07, 6.45) is 0.955. The lowest BCUT2D eigenvalue weighted by molar-refractivity contribution is 0.187. The lowest BCUT2D eigenvalue weighted by Gasteiger charge is -2.27. The lowest BCUT2D eigenvalue weighted by Crippen LogP contribution is -2.34. The van der Waals surface area contributed by atoms with Gasteiger partial charge in [-0.25, -0.2) is 0 Å². The summed E-state index contributed by atoms with van der Waals surface area (Å²) in [5.41, 5.74) is 2.11. The zero-order valence-corrected chi connectivity index (χ0v) is 15.0. The van der Waals surface area contributed by atoms with Crippen LogP contribution >= 0.6 is 0 Å². The van der Waals surface area contributed by atoms with Gasteiger partial charge in [0.05, 0.1) is 13.2 Å². The van der Waals surface area contributed by atoms with Crippen molar-refractivity contribution in [3.8, 4) is 11.4 Å². The van der Waals surface area contributed by atoms with E-state index in [1.807, 2.05) is 43.4 Å². The van der Waals surface area contributed by atoms with Gasteiger partial charge in [-0.3, -0.25) is 4.90 Å². The van der Waals surface area contributed by atoms with Crippen molar-refractivity contribution in [1.29, 1.82) is 0 Å². The molecule has 1 N–H and O–H groups in total. The zero-order chi connectivity index (χ0) is 18.0. The van der Waals surface area contributed by atoms with Crippen molar-refractivity contribution in [3.63, 3.8) is 0 Å². The molecule has 0 aliphatic carbocycles. The van der Waals surface area contributed by atoms with Gasteiger partial charge in [0.25, 0.3) is 0 Å². The molecule has 0 amide bonds. The van der Waals surface area contributed by atoms with Crippen molar-refractivity contribution in [1.82, 2.24) is 19.7 Å². The first-order valence-corrected chi connectivity index (χ1v) is 9.04. The number of likely N-dealkylation sites (tertiary alicyclic amines) is 1. The molecule has 0 bridgehead atoms. The van der Waals surface area contributed by atoms with Gasteiger partial charge in [-0.15, -0.1) is 10.2 Å². The Morgan fingerprint density at radius 1 is 1.00 bits per heavy atom. The van der Waals surface area contributed by atoms with Crippen LogP contribution in [0.5, 0.6) is 0 Å². The molecule has 1 unspecified atom stereocenters. The molecule has 3 aromatic rings. The zero-order valence-electron chi connectivity index (χ0n) is 15.0. The summed E-state index contributed by atoms with van der Waals surface area (Å²) >= 11 is 0. The SMILES string of the molecule is Cn1c(CN2CCC(CO)(c3ccccc3)C2)nnc1-c1ccccc1. The Kier molecular flexibility index (Phi) is 4.57. The first-order valence-electron chi connectivity index (χ1n) is 9.04. The van der Waals surface area contributed by atoms with Crippen molar-refractivity contribution < 1.29 is 5.11 Å². The molecule has 5 nitrogen and oxygen atoms in total. The summed E-state index contributed by atoms with van der Waals surface area (Å²) in [6.45, 7) is 2.69. The van der Waals surface area contributed by atoms with E-state index >= 15 is 0 Å². The average molecular weight is 348 g/mol. The first kappa shape index (κ1) is 16.9. The minimum absolute atomic E-state index is 0.168. The molecule has 4 rings (SSSR count). The highest BCUT2D eigenvalue weighted by atomic mass is 16.3. The number of aromatic nitrogens is 3. The van der Waals surface area contributed by atoms with E-state index in [1.165, 1.54) is 5.56 Å². The smallest absolute Gasteiger partial charge is 0.163 e. The largest absolute Gasteiger partial charge is 0.395 e. The minimum atomic E-state index is -0.178. The molecule has 1 aromatic heterocycles. The van der Waals surface area contributed by atoms with E-state index in [2.05, 4.69) is 43.9 Å². The highest BCUT2D eigenvalue weighted by Crippen LogP contribution is 2.34. The summed E-state index contributed by atoms with van der Waals surface area (Å²) in [7, 11) is 2.02. The van der Waals surface area contributed by atoms with Gasteiger partial charge in [0.1, 0.15) is 5.82 Å². The fourth-order valence-electron chi connectivity index (χ4n) is 3.88. The Labute approximate surface area is 153 Å². The predicted molar refractivity (Wildman–Crippen MR) is 102 cm³/mol. The van der Waals surface area contributed by atoms with E-state index in [0.29, 0.717) is 0 Å². The van der Waals surface area contributed by atoms with Crippen LogP contribution in [0.1, 0.15) is 17.8 Å². The highest BCUT2D eigenvalue weighted by Gasteiger charge is 2.39. The van der Waals surface area contributed by atoms with Gasteiger partial charge >= 0.3 is 0 Å². The molecule has 1 atom stereocenters. The number of aliphatic hydroxyl groups excluding tert-OH is 1. The molecule has 134 valence electrons. The topological polar surface area (TPSA) is 54.2 Å². The van der Waals surface area contributed by atoms with E-state index in [0.717, 1.165) is 43.3 Å². The summed E-state index contributed by atoms with van der Waals surface area (Å²) in [6, 6.07) is 20.5. The fraction of sp³-hybridized carbons (Fsp3) is 0.333. The van der Waals surface area contributed by atoms with Gasteiger partial charge < -0.3 is 9.67 Å². The van der Waals surface area contributed by atoms with E-state index in [-0.39, 0.29) is 12.0 Å². The normalized spacial score (nSPS) is 20.5. The maximum Gasteiger partial charge on any atom is 0.163 e. The van der Waals surface area contributed by atoms with Crippen molar-refractivity contribution in [2.75, 3.05) is 19.7 Å². The Morgan fingerprint density at radius 3 is 2.38 bits per heavy atom. The molecule has 2 aromatic carbocycles. The highest BCUT2D eigenvalue weighted by molar-refractivity contribution is 5.54. The second-order valence-corrected chi connectivity index (χ2v) is 7.13. The third-order valence-electron chi connectivity index (χ3n) is 5.48. The Balaban J connectivity index is 1.52. The summed E-state index contributed by atoms with van der Waals surface area (Å²) in [5.74, 6) is 1.84. The van der Waals surface area contributed by atoms with Crippen LogP contribution in [0.25, 0.3) is 11.4 Å². The third kappa shape index (κ3) is 3.04. The maximum atomic E-state index is 10.1. The molecular weight excluding hydrogens is 324 g/mol. The number of aliphatic hydroxyl groups is 1. The summed E-state index contributed by atoms with van der Waals surface area (Å²) < 4.78 is 2.07. The summed E-state index contributed by atoms with van der Waals surface area (Å²) in [4.78, 5) is 2.36. The number of nitrogens with zero attached hydrogens (tertiary/aromatic N) is 4. The number of benzene rings is 2. The van der Waals surface area contributed by atoms with Crippen LogP contribution in [0.3, 0.4) is 0 Å². The fourth-order valence-corrected chi connectivity index (χ4v) is 3.88. The molecule has 0 saturated carbocycles.